The van der Waals surface area contributed by atoms with E-state index in [9.17, 15) is 18.0 Å². The van der Waals surface area contributed by atoms with Gasteiger partial charge in [0.05, 0.1) is 23.7 Å². The molecule has 1 aliphatic carbocycles. The van der Waals surface area contributed by atoms with Gasteiger partial charge in [-0.25, -0.2) is 22.9 Å². The van der Waals surface area contributed by atoms with Crippen molar-refractivity contribution in [3.05, 3.63) is 65.2 Å². The molecular formula is C34H43N5O6S. The lowest BCUT2D eigenvalue weighted by atomic mass is 9.71. The average Bonchev–Trinajstić information content (AvgIpc) is 2.96. The first-order valence-electron chi connectivity index (χ1n) is 15.4. The SMILES string of the molecule is COC(=O)N(C)[C@]1(C)C[C@H](N2C(=O)c3cccc(c3)S(=O)(=O)Nc3nc(cc(-c4c(C)cccc4C)n3)OC[C@H]2CC(C)(C)C)C1. The Morgan fingerprint density at radius 3 is 2.39 bits per heavy atom. The number of hydrogen-bond acceptors (Lipinski definition) is 8. The van der Waals surface area contributed by atoms with E-state index in [0.29, 0.717) is 25.0 Å². The fraction of sp³-hybridized carbons (Fsp3) is 0.471. The summed E-state index contributed by atoms with van der Waals surface area (Å²) in [6.07, 6.45) is 1.17. The van der Waals surface area contributed by atoms with E-state index in [4.69, 9.17) is 9.47 Å². The Hall–Kier alpha value is -4.19. The Labute approximate surface area is 271 Å². The Morgan fingerprint density at radius 2 is 1.76 bits per heavy atom. The second-order valence-electron chi connectivity index (χ2n) is 13.8. The first-order valence-corrected chi connectivity index (χ1v) is 16.9. The van der Waals surface area contributed by atoms with Crippen molar-refractivity contribution in [2.24, 2.45) is 5.41 Å². The van der Waals surface area contributed by atoms with Crippen LogP contribution in [0.25, 0.3) is 11.3 Å². The number of carbonyl (C=O) groups is 2. The zero-order chi connectivity index (χ0) is 33.6. The molecule has 2 heterocycles. The molecule has 1 fully saturated rings. The van der Waals surface area contributed by atoms with Crippen LogP contribution in [0.15, 0.2) is 53.4 Å². The summed E-state index contributed by atoms with van der Waals surface area (Å²) in [5.74, 6) is -0.251. The first-order chi connectivity index (χ1) is 21.5. The van der Waals surface area contributed by atoms with Gasteiger partial charge in [-0.1, -0.05) is 45.0 Å². The van der Waals surface area contributed by atoms with E-state index >= 15 is 0 Å². The number of ether oxygens (including phenoxy) is 2. The minimum absolute atomic E-state index is 0.0858. The largest absolute Gasteiger partial charge is 0.475 e. The predicted octanol–water partition coefficient (Wildman–Crippen LogP) is 5.82. The summed E-state index contributed by atoms with van der Waals surface area (Å²) in [6.45, 7) is 12.3. The molecule has 0 spiro atoms. The second kappa shape index (κ2) is 12.2. The maximum atomic E-state index is 14.4. The molecule has 1 aliphatic heterocycles. The molecule has 5 rings (SSSR count). The van der Waals surface area contributed by atoms with Gasteiger partial charge in [-0.3, -0.25) is 4.79 Å². The summed E-state index contributed by atoms with van der Waals surface area (Å²) < 4.78 is 41.1. The zero-order valence-electron chi connectivity index (χ0n) is 27.7. The van der Waals surface area contributed by atoms with E-state index in [1.54, 1.807) is 30.1 Å². The number of carbonyl (C=O) groups excluding carboxylic acids is 2. The maximum Gasteiger partial charge on any atom is 0.409 e. The molecule has 1 atom stereocenters. The quantitative estimate of drug-likeness (QED) is 0.374. The number of aryl methyl sites for hydroxylation is 2. The lowest BCUT2D eigenvalue weighted by Gasteiger charge is -2.55. The van der Waals surface area contributed by atoms with E-state index in [-0.39, 0.29) is 46.3 Å². The van der Waals surface area contributed by atoms with E-state index in [2.05, 4.69) is 35.5 Å². The summed E-state index contributed by atoms with van der Waals surface area (Å²) in [6, 6.07) is 13.0. The van der Waals surface area contributed by atoms with Gasteiger partial charge < -0.3 is 19.3 Å². The molecule has 11 nitrogen and oxygen atoms in total. The lowest BCUT2D eigenvalue weighted by Crippen LogP contribution is -2.65. The third-order valence-electron chi connectivity index (χ3n) is 8.96. The molecule has 0 radical (unpaired) electrons. The van der Waals surface area contributed by atoms with Crippen LogP contribution in [0.1, 0.15) is 68.4 Å². The number of fused-ring (bicyclic) bond motifs is 4. The monoisotopic (exact) mass is 649 g/mol. The van der Waals surface area contributed by atoms with Crippen LogP contribution < -0.4 is 9.46 Å². The molecule has 0 saturated heterocycles. The van der Waals surface area contributed by atoms with Gasteiger partial charge in [0.1, 0.15) is 6.61 Å². The van der Waals surface area contributed by atoms with Crippen LogP contribution in [-0.2, 0) is 14.8 Å². The summed E-state index contributed by atoms with van der Waals surface area (Å²) in [7, 11) is -1.13. The molecule has 2 aliphatic rings. The fourth-order valence-corrected chi connectivity index (χ4v) is 7.54. The third-order valence-corrected chi connectivity index (χ3v) is 10.3. The highest BCUT2D eigenvalue weighted by atomic mass is 32.2. The number of methoxy groups -OCH3 is 1. The van der Waals surface area contributed by atoms with Gasteiger partial charge in [-0.2, -0.15) is 4.98 Å². The van der Waals surface area contributed by atoms with Gasteiger partial charge >= 0.3 is 6.09 Å². The van der Waals surface area contributed by atoms with Gasteiger partial charge in [0.2, 0.25) is 11.8 Å². The van der Waals surface area contributed by atoms with Crippen LogP contribution in [0.4, 0.5) is 10.7 Å². The van der Waals surface area contributed by atoms with Crippen LogP contribution in [-0.4, -0.2) is 78.6 Å². The third kappa shape index (κ3) is 6.67. The van der Waals surface area contributed by atoms with Crippen LogP contribution in [0, 0.1) is 19.3 Å². The van der Waals surface area contributed by atoms with Crippen molar-refractivity contribution in [2.75, 3.05) is 25.5 Å². The molecule has 2 aromatic carbocycles. The van der Waals surface area contributed by atoms with Gasteiger partial charge in [0, 0.05) is 35.8 Å². The minimum Gasteiger partial charge on any atom is -0.475 e. The highest BCUT2D eigenvalue weighted by Crippen LogP contribution is 2.43. The van der Waals surface area contributed by atoms with Gasteiger partial charge in [0.25, 0.3) is 15.9 Å². The van der Waals surface area contributed by atoms with Crippen molar-refractivity contribution in [3.8, 4) is 17.1 Å². The zero-order valence-corrected chi connectivity index (χ0v) is 28.6. The molecule has 1 saturated carbocycles. The van der Waals surface area contributed by atoms with Crippen molar-refractivity contribution < 1.29 is 27.5 Å². The normalized spacial score (nSPS) is 22.6. The van der Waals surface area contributed by atoms with Crippen molar-refractivity contribution in [1.29, 1.82) is 0 Å². The first kappa shape index (κ1) is 33.2. The molecule has 12 heteroatoms. The molecular weight excluding hydrogens is 606 g/mol. The van der Waals surface area contributed by atoms with Crippen molar-refractivity contribution in [2.45, 2.75) is 83.3 Å². The van der Waals surface area contributed by atoms with Gasteiger partial charge in [-0.05, 0) is 74.8 Å². The van der Waals surface area contributed by atoms with Crippen LogP contribution in [0.3, 0.4) is 0 Å². The molecule has 1 aromatic heterocycles. The fourth-order valence-electron chi connectivity index (χ4n) is 6.55. The van der Waals surface area contributed by atoms with Crippen LogP contribution in [0.5, 0.6) is 5.88 Å². The molecule has 1 N–H and O–H groups in total. The van der Waals surface area contributed by atoms with Crippen LogP contribution >= 0.6 is 0 Å². The van der Waals surface area contributed by atoms with E-state index in [1.165, 1.54) is 19.2 Å². The van der Waals surface area contributed by atoms with E-state index in [0.717, 1.165) is 16.7 Å². The number of nitrogens with one attached hydrogen (secondary N) is 1. The van der Waals surface area contributed by atoms with Crippen LogP contribution in [0.2, 0.25) is 0 Å². The minimum atomic E-state index is -4.17. The number of benzene rings is 2. The standard InChI is InChI=1S/C34H43N5O6S/c1-21-11-9-12-22(2)29(21)27-16-28-36-31(35-27)37-46(42,43)26-14-10-13-23(15-26)30(40)39(25(20-45-28)17-33(3,4)5)24-18-34(6,19-24)38(7)32(41)44-8/h9-16,24-25H,17-20H2,1-8H3,(H,35,36,37)/t24-,25-,34+/m1/s1. The summed E-state index contributed by atoms with van der Waals surface area (Å²) >= 11 is 0. The Kier molecular flexibility index (Phi) is 8.80. The number of rotatable bonds is 4. The highest BCUT2D eigenvalue weighted by Gasteiger charge is 2.51. The maximum absolute atomic E-state index is 14.4. The molecule has 3 aromatic rings. The Morgan fingerprint density at radius 1 is 1.11 bits per heavy atom. The molecule has 4 bridgehead atoms. The van der Waals surface area contributed by atoms with Crippen molar-refractivity contribution in [1.82, 2.24) is 19.8 Å². The molecule has 246 valence electrons. The summed E-state index contributed by atoms with van der Waals surface area (Å²) in [5, 5.41) is 0. The predicted molar refractivity (Wildman–Crippen MR) is 175 cm³/mol. The average molecular weight is 650 g/mol. The number of aromatic nitrogens is 2. The Balaban J connectivity index is 1.64. The van der Waals surface area contributed by atoms with Gasteiger partial charge in [-0.15, -0.1) is 0 Å². The number of anilines is 1. The Bertz CT molecular complexity index is 1740. The lowest BCUT2D eigenvalue weighted by molar-refractivity contribution is -0.0370. The number of amides is 2. The van der Waals surface area contributed by atoms with Crippen molar-refractivity contribution in [3.63, 3.8) is 0 Å². The molecule has 0 unspecified atom stereocenters. The number of nitrogens with zero attached hydrogens (tertiary/aromatic N) is 4. The highest BCUT2D eigenvalue weighted by molar-refractivity contribution is 7.92. The van der Waals surface area contributed by atoms with E-state index < -0.39 is 27.7 Å². The topological polar surface area (TPSA) is 131 Å². The van der Waals surface area contributed by atoms with E-state index in [1.807, 2.05) is 43.9 Å². The smallest absolute Gasteiger partial charge is 0.409 e. The summed E-state index contributed by atoms with van der Waals surface area (Å²) in [5.41, 5.74) is 2.83. The second-order valence-corrected chi connectivity index (χ2v) is 15.5. The number of sulfonamides is 1. The van der Waals surface area contributed by atoms with Gasteiger partial charge in [0.15, 0.2) is 0 Å². The molecule has 2 amide bonds. The molecule has 46 heavy (non-hydrogen) atoms. The number of hydrogen-bond donors (Lipinski definition) is 1. The summed E-state index contributed by atoms with van der Waals surface area (Å²) in [4.78, 5) is 39.2. The van der Waals surface area contributed by atoms with Crippen molar-refractivity contribution >= 4 is 28.0 Å².